The Bertz CT molecular complexity index is 985. The predicted octanol–water partition coefficient (Wildman–Crippen LogP) is -1.59. The van der Waals surface area contributed by atoms with E-state index >= 15 is 0 Å². The number of hydrogen-bond donors (Lipinski definition) is 4. The molecule has 132 valence electrons. The van der Waals surface area contributed by atoms with Crippen LogP contribution >= 0.6 is 7.60 Å². The molecule has 1 aromatic carbocycles. The second-order valence-corrected chi connectivity index (χ2v) is 7.52. The maximum Gasteiger partial charge on any atom is 1.00 e. The molecule has 0 fully saturated rings. The van der Waals surface area contributed by atoms with E-state index in [-0.39, 0.29) is 47.4 Å². The van der Waals surface area contributed by atoms with Crippen molar-refractivity contribution in [2.75, 3.05) is 5.73 Å². The first kappa shape index (κ1) is 20.8. The maximum atomic E-state index is 11.8. The summed E-state index contributed by atoms with van der Waals surface area (Å²) in [6, 6.07) is 8.71. The van der Waals surface area contributed by atoms with Gasteiger partial charge in [-0.05, 0) is 18.4 Å². The maximum absolute atomic E-state index is 11.8. The van der Waals surface area contributed by atoms with Crippen LogP contribution < -0.4 is 40.9 Å². The standard InChI is InChI=1S/C15H18N5O4P.Na/c16-15-18-13-12(14(21)19-15)17-9-20(13)8-4-7-11(25(22,23)24)10-5-2-1-3-6-10;/h1-3,5-6,9,11H,4,7-8H2,(H2,22,23,24)(H3,16,18,19,21);/q;+1. The third-order valence-electron chi connectivity index (χ3n) is 3.96. The monoisotopic (exact) mass is 386 g/mol. The second kappa shape index (κ2) is 8.47. The van der Waals surface area contributed by atoms with Crippen molar-refractivity contribution in [3.8, 4) is 0 Å². The molecule has 26 heavy (non-hydrogen) atoms. The van der Waals surface area contributed by atoms with Crippen molar-refractivity contribution in [2.45, 2.75) is 25.0 Å². The number of benzene rings is 1. The molecule has 0 radical (unpaired) electrons. The number of nitrogen functional groups attached to an aromatic ring is 1. The predicted molar refractivity (Wildman–Crippen MR) is 93.0 cm³/mol. The zero-order valence-corrected chi connectivity index (χ0v) is 17.1. The minimum Gasteiger partial charge on any atom is -0.369 e. The molecule has 0 aliphatic heterocycles. The average Bonchev–Trinajstić information content (AvgIpc) is 2.94. The Morgan fingerprint density at radius 2 is 1.96 bits per heavy atom. The molecule has 9 nitrogen and oxygen atoms in total. The normalized spacial score (nSPS) is 12.7. The SMILES string of the molecule is Nc1nc2c(ncn2CCCC(c2ccccc2)P(=O)(O)O)c(=O)[nH]1.[Na+]. The van der Waals surface area contributed by atoms with Crippen LogP contribution in [0.4, 0.5) is 5.95 Å². The van der Waals surface area contributed by atoms with Gasteiger partial charge in [-0.1, -0.05) is 30.3 Å². The number of nitrogens with one attached hydrogen (secondary N) is 1. The molecule has 0 bridgehead atoms. The number of rotatable bonds is 6. The minimum atomic E-state index is -4.28. The molecule has 11 heteroatoms. The third kappa shape index (κ3) is 4.62. The van der Waals surface area contributed by atoms with Crippen LogP contribution in [0.3, 0.4) is 0 Å². The first-order valence-corrected chi connectivity index (χ1v) is 9.35. The van der Waals surface area contributed by atoms with Gasteiger partial charge in [0.1, 0.15) is 0 Å². The zero-order valence-electron chi connectivity index (χ0n) is 14.2. The number of aromatic nitrogens is 4. The van der Waals surface area contributed by atoms with Crippen LogP contribution in [0.1, 0.15) is 24.1 Å². The van der Waals surface area contributed by atoms with Gasteiger partial charge in [-0.15, -0.1) is 0 Å². The molecule has 0 spiro atoms. The fourth-order valence-corrected chi connectivity index (χ4v) is 3.87. The van der Waals surface area contributed by atoms with Gasteiger partial charge in [-0.2, -0.15) is 4.98 Å². The van der Waals surface area contributed by atoms with E-state index < -0.39 is 18.8 Å². The summed E-state index contributed by atoms with van der Waals surface area (Å²) in [4.78, 5) is 41.5. The number of nitrogens with two attached hydrogens (primary N) is 1. The Labute approximate surface area is 171 Å². The molecule has 0 aliphatic carbocycles. The Morgan fingerprint density at radius 3 is 2.62 bits per heavy atom. The first-order chi connectivity index (χ1) is 11.9. The van der Waals surface area contributed by atoms with Gasteiger partial charge in [0.05, 0.1) is 12.0 Å². The number of nitrogens with zero attached hydrogens (tertiary/aromatic N) is 3. The average molecular weight is 386 g/mol. The number of anilines is 1. The summed E-state index contributed by atoms with van der Waals surface area (Å²) in [5.74, 6) is -0.00312. The van der Waals surface area contributed by atoms with E-state index in [1.807, 2.05) is 0 Å². The van der Waals surface area contributed by atoms with Gasteiger partial charge in [0, 0.05) is 6.54 Å². The Hall–Kier alpha value is -1.48. The molecule has 1 atom stereocenters. The Morgan fingerprint density at radius 1 is 1.27 bits per heavy atom. The third-order valence-corrected chi connectivity index (χ3v) is 5.33. The Kier molecular flexibility index (Phi) is 6.79. The summed E-state index contributed by atoms with van der Waals surface area (Å²) in [5, 5.41) is 0. The number of H-pyrrole nitrogens is 1. The van der Waals surface area contributed by atoms with Gasteiger partial charge < -0.3 is 20.1 Å². The van der Waals surface area contributed by atoms with E-state index in [9.17, 15) is 19.1 Å². The van der Waals surface area contributed by atoms with E-state index in [0.29, 0.717) is 24.2 Å². The molecule has 3 rings (SSSR count). The topological polar surface area (TPSA) is 147 Å². The molecule has 0 saturated heterocycles. The molecule has 2 heterocycles. The molecule has 0 saturated carbocycles. The first-order valence-electron chi connectivity index (χ1n) is 7.67. The summed E-state index contributed by atoms with van der Waals surface area (Å²) >= 11 is 0. The van der Waals surface area contributed by atoms with E-state index in [4.69, 9.17) is 5.73 Å². The van der Waals surface area contributed by atoms with E-state index in [2.05, 4.69) is 15.0 Å². The van der Waals surface area contributed by atoms with Gasteiger partial charge in [0.2, 0.25) is 5.95 Å². The van der Waals surface area contributed by atoms with Crippen LogP contribution in [0, 0.1) is 0 Å². The molecule has 0 amide bonds. The summed E-state index contributed by atoms with van der Waals surface area (Å²) in [6.07, 6.45) is 2.23. The molecule has 2 aromatic heterocycles. The van der Waals surface area contributed by atoms with Crippen LogP contribution in [0.25, 0.3) is 11.2 Å². The van der Waals surface area contributed by atoms with Gasteiger partial charge >= 0.3 is 37.2 Å². The van der Waals surface area contributed by atoms with Gasteiger partial charge in [0.15, 0.2) is 11.2 Å². The summed E-state index contributed by atoms with van der Waals surface area (Å²) in [6.45, 7) is 0.412. The Balaban J connectivity index is 0.00000243. The number of fused-ring (bicyclic) bond motifs is 1. The molecule has 5 N–H and O–H groups in total. The molecule has 3 aromatic rings. The number of aryl methyl sites for hydroxylation is 1. The summed E-state index contributed by atoms with van der Waals surface area (Å²) < 4.78 is 13.5. The van der Waals surface area contributed by atoms with Crippen LogP contribution in [0.15, 0.2) is 41.5 Å². The van der Waals surface area contributed by atoms with E-state index in [0.717, 1.165) is 0 Å². The second-order valence-electron chi connectivity index (χ2n) is 5.72. The van der Waals surface area contributed by atoms with Gasteiger partial charge in [0.25, 0.3) is 5.56 Å². The minimum absolute atomic E-state index is 0. The van der Waals surface area contributed by atoms with Gasteiger partial charge in [-0.25, -0.2) is 4.98 Å². The fourth-order valence-electron chi connectivity index (χ4n) is 2.79. The smallest absolute Gasteiger partial charge is 0.369 e. The van der Waals surface area contributed by atoms with Crippen molar-refractivity contribution in [2.24, 2.45) is 0 Å². The quantitative estimate of drug-likeness (QED) is 0.295. The van der Waals surface area contributed by atoms with Crippen LogP contribution in [-0.4, -0.2) is 29.3 Å². The van der Waals surface area contributed by atoms with Crippen molar-refractivity contribution in [3.05, 3.63) is 52.6 Å². The van der Waals surface area contributed by atoms with E-state index in [1.165, 1.54) is 6.33 Å². The number of imidazole rings is 1. The summed E-state index contributed by atoms with van der Waals surface area (Å²) in [5.41, 5.74) is 5.40. The largest absolute Gasteiger partial charge is 1.00 e. The van der Waals surface area contributed by atoms with Crippen LogP contribution in [0.5, 0.6) is 0 Å². The molecule has 0 aliphatic rings. The van der Waals surface area contributed by atoms with Crippen molar-refractivity contribution in [1.29, 1.82) is 0 Å². The van der Waals surface area contributed by atoms with Crippen molar-refractivity contribution >= 4 is 24.7 Å². The van der Waals surface area contributed by atoms with Crippen LogP contribution in [-0.2, 0) is 11.1 Å². The molecule has 1 unspecified atom stereocenters. The van der Waals surface area contributed by atoms with Gasteiger partial charge in [-0.3, -0.25) is 14.3 Å². The molecular weight excluding hydrogens is 368 g/mol. The summed E-state index contributed by atoms with van der Waals surface area (Å²) in [7, 11) is -4.28. The fraction of sp³-hybridized carbons (Fsp3) is 0.267. The van der Waals surface area contributed by atoms with Crippen molar-refractivity contribution in [1.82, 2.24) is 19.5 Å². The zero-order chi connectivity index (χ0) is 18.0. The van der Waals surface area contributed by atoms with Crippen LogP contribution in [0.2, 0.25) is 0 Å². The van der Waals surface area contributed by atoms with E-state index in [1.54, 1.807) is 34.9 Å². The molecular formula is C15H18N5NaO4P+. The number of hydrogen-bond acceptors (Lipinski definition) is 5. The van der Waals surface area contributed by atoms with Crippen molar-refractivity contribution in [3.63, 3.8) is 0 Å². The van der Waals surface area contributed by atoms with Crippen molar-refractivity contribution < 1.29 is 43.9 Å². The number of aromatic amines is 1.